The lowest BCUT2D eigenvalue weighted by molar-refractivity contribution is 0.0698. The molecule has 0 amide bonds. The molecule has 0 bridgehead atoms. The van der Waals surface area contributed by atoms with E-state index in [4.69, 9.17) is 5.73 Å². The van der Waals surface area contributed by atoms with Crippen molar-refractivity contribution >= 4 is 17.3 Å². The van der Waals surface area contributed by atoms with E-state index in [1.807, 2.05) is 25.9 Å². The first-order valence-corrected chi connectivity index (χ1v) is 6.59. The summed E-state index contributed by atoms with van der Waals surface area (Å²) >= 11 is 0. The Balaban J connectivity index is 3.03. The summed E-state index contributed by atoms with van der Waals surface area (Å²) in [4.78, 5) is 15.3. The molecule has 0 aliphatic heterocycles. The minimum absolute atomic E-state index is 0.156. The summed E-state index contributed by atoms with van der Waals surface area (Å²) in [6.07, 6.45) is 0.886. The molecule has 112 valence electrons. The van der Waals surface area contributed by atoms with E-state index in [1.54, 1.807) is 0 Å². The van der Waals surface area contributed by atoms with E-state index in [2.05, 4.69) is 4.90 Å². The topological polar surface area (TPSA) is 69.8 Å². The van der Waals surface area contributed by atoms with Crippen LogP contribution < -0.4 is 10.6 Å². The minimum atomic E-state index is -1.21. The molecule has 0 saturated heterocycles. The molecule has 0 aromatic heterocycles. The van der Waals surface area contributed by atoms with Crippen molar-refractivity contribution in [3.8, 4) is 0 Å². The fraction of sp³-hybridized carbons (Fsp3) is 0.500. The minimum Gasteiger partial charge on any atom is -0.478 e. The van der Waals surface area contributed by atoms with Crippen LogP contribution in [0.15, 0.2) is 12.1 Å². The molecule has 0 atom stereocenters. The monoisotopic (exact) mass is 283 g/mol. The lowest BCUT2D eigenvalue weighted by Gasteiger charge is -2.26. The van der Waals surface area contributed by atoms with Crippen LogP contribution in [0.25, 0.3) is 0 Å². The van der Waals surface area contributed by atoms with Crippen molar-refractivity contribution in [1.82, 2.24) is 4.90 Å². The highest BCUT2D eigenvalue weighted by Gasteiger charge is 2.20. The molecule has 1 rings (SSSR count). The quantitative estimate of drug-likeness (QED) is 0.748. The number of carboxylic acid groups (broad SMARTS) is 1. The number of benzene rings is 1. The van der Waals surface area contributed by atoms with Crippen molar-refractivity contribution in [2.45, 2.75) is 13.3 Å². The van der Waals surface area contributed by atoms with E-state index in [0.717, 1.165) is 13.0 Å². The van der Waals surface area contributed by atoms with Crippen molar-refractivity contribution in [1.29, 1.82) is 0 Å². The molecular weight excluding hydrogens is 261 g/mol. The third-order valence-electron chi connectivity index (χ3n) is 3.14. The van der Waals surface area contributed by atoms with Gasteiger partial charge in [-0.2, -0.15) is 0 Å². The van der Waals surface area contributed by atoms with Crippen molar-refractivity contribution in [3.63, 3.8) is 0 Å². The predicted octanol–water partition coefficient (Wildman–Crippen LogP) is 1.88. The number of nitrogen functional groups attached to an aromatic ring is 1. The first-order chi connectivity index (χ1) is 9.38. The number of carboxylic acids is 1. The number of rotatable bonds is 7. The molecule has 0 unspecified atom stereocenters. The average Bonchev–Trinajstić information content (AvgIpc) is 2.37. The molecule has 1 aromatic rings. The van der Waals surface area contributed by atoms with Crippen LogP contribution in [0.2, 0.25) is 0 Å². The molecule has 0 saturated carbocycles. The summed E-state index contributed by atoms with van der Waals surface area (Å²) in [5, 5.41) is 9.25. The van der Waals surface area contributed by atoms with Crippen LogP contribution in [0, 0.1) is 5.82 Å². The molecule has 0 aliphatic carbocycles. The van der Waals surface area contributed by atoms with Gasteiger partial charge in [-0.25, -0.2) is 9.18 Å². The molecular formula is C14H22FN3O2. The van der Waals surface area contributed by atoms with Gasteiger partial charge in [0.2, 0.25) is 0 Å². The van der Waals surface area contributed by atoms with Crippen molar-refractivity contribution in [3.05, 3.63) is 23.5 Å². The standard InChI is InChI=1S/C14H22FN3O2/c1-4-18(9-5-8-17(2)3)11-7-6-10(15)13(16)12(11)14(19)20/h6-7H,4-5,8-9,16H2,1-3H3,(H,19,20). The third kappa shape index (κ3) is 3.84. The van der Waals surface area contributed by atoms with Gasteiger partial charge in [0, 0.05) is 13.1 Å². The van der Waals surface area contributed by atoms with Gasteiger partial charge >= 0.3 is 5.97 Å². The predicted molar refractivity (Wildman–Crippen MR) is 78.8 cm³/mol. The highest BCUT2D eigenvalue weighted by atomic mass is 19.1. The first-order valence-electron chi connectivity index (χ1n) is 6.59. The second kappa shape index (κ2) is 7.09. The molecule has 1 aromatic carbocycles. The SMILES string of the molecule is CCN(CCCN(C)C)c1ccc(F)c(N)c1C(=O)O. The van der Waals surface area contributed by atoms with Gasteiger partial charge in [0.05, 0.1) is 11.4 Å². The summed E-state index contributed by atoms with van der Waals surface area (Å²) in [5.74, 6) is -1.90. The molecule has 0 spiro atoms. The van der Waals surface area contributed by atoms with Gasteiger partial charge in [0.25, 0.3) is 0 Å². The fourth-order valence-corrected chi connectivity index (χ4v) is 2.10. The normalized spacial score (nSPS) is 10.8. The zero-order valence-electron chi connectivity index (χ0n) is 12.2. The molecule has 5 nitrogen and oxygen atoms in total. The summed E-state index contributed by atoms with van der Waals surface area (Å²) in [7, 11) is 3.96. The Morgan fingerprint density at radius 2 is 2.00 bits per heavy atom. The number of carbonyl (C=O) groups is 1. The van der Waals surface area contributed by atoms with Gasteiger partial charge < -0.3 is 20.6 Å². The summed E-state index contributed by atoms with van der Waals surface area (Å²) in [6.45, 7) is 4.16. The number of aromatic carboxylic acids is 1. The Morgan fingerprint density at radius 3 is 2.50 bits per heavy atom. The summed E-state index contributed by atoms with van der Waals surface area (Å²) < 4.78 is 13.4. The lowest BCUT2D eigenvalue weighted by Crippen LogP contribution is -2.29. The van der Waals surface area contributed by atoms with E-state index in [9.17, 15) is 14.3 Å². The van der Waals surface area contributed by atoms with E-state index < -0.39 is 11.8 Å². The molecule has 0 aliphatic rings. The maximum atomic E-state index is 13.4. The Hall–Kier alpha value is -1.82. The maximum Gasteiger partial charge on any atom is 0.340 e. The van der Waals surface area contributed by atoms with Crippen molar-refractivity contribution < 1.29 is 14.3 Å². The smallest absolute Gasteiger partial charge is 0.340 e. The largest absolute Gasteiger partial charge is 0.478 e. The van der Waals surface area contributed by atoms with Crippen LogP contribution in [-0.4, -0.2) is 49.7 Å². The second-order valence-corrected chi connectivity index (χ2v) is 4.90. The number of hydrogen-bond donors (Lipinski definition) is 2. The molecule has 6 heteroatoms. The molecule has 3 N–H and O–H groups in total. The number of hydrogen-bond acceptors (Lipinski definition) is 4. The van der Waals surface area contributed by atoms with Gasteiger partial charge in [-0.05, 0) is 46.1 Å². The molecule has 0 radical (unpaired) electrons. The van der Waals surface area contributed by atoms with E-state index >= 15 is 0 Å². The molecule has 0 fully saturated rings. The van der Waals surface area contributed by atoms with E-state index in [-0.39, 0.29) is 11.3 Å². The number of nitrogens with two attached hydrogens (primary N) is 1. The number of nitrogens with zero attached hydrogens (tertiary/aromatic N) is 2. The lowest BCUT2D eigenvalue weighted by atomic mass is 10.1. The summed E-state index contributed by atoms with van der Waals surface area (Å²) in [6, 6.07) is 2.69. The van der Waals surface area contributed by atoms with E-state index in [1.165, 1.54) is 12.1 Å². The van der Waals surface area contributed by atoms with Crippen LogP contribution in [0.3, 0.4) is 0 Å². The Bertz CT molecular complexity index is 478. The zero-order valence-corrected chi connectivity index (χ0v) is 12.2. The Morgan fingerprint density at radius 1 is 1.35 bits per heavy atom. The number of anilines is 2. The van der Waals surface area contributed by atoms with Crippen LogP contribution in [0.4, 0.5) is 15.8 Å². The Kier molecular flexibility index (Phi) is 5.76. The van der Waals surface area contributed by atoms with Crippen LogP contribution >= 0.6 is 0 Å². The maximum absolute atomic E-state index is 13.4. The van der Waals surface area contributed by atoms with Gasteiger partial charge in [0.15, 0.2) is 0 Å². The Labute approximate surface area is 118 Å². The van der Waals surface area contributed by atoms with Gasteiger partial charge in [-0.1, -0.05) is 0 Å². The van der Waals surface area contributed by atoms with Crippen LogP contribution in [-0.2, 0) is 0 Å². The van der Waals surface area contributed by atoms with Crippen molar-refractivity contribution in [2.24, 2.45) is 0 Å². The van der Waals surface area contributed by atoms with Gasteiger partial charge in [-0.3, -0.25) is 0 Å². The first kappa shape index (κ1) is 16.2. The zero-order chi connectivity index (χ0) is 15.3. The summed E-state index contributed by atoms with van der Waals surface area (Å²) in [5.41, 5.74) is 5.57. The molecule has 0 heterocycles. The van der Waals surface area contributed by atoms with E-state index in [0.29, 0.717) is 18.8 Å². The van der Waals surface area contributed by atoms with Crippen molar-refractivity contribution in [2.75, 3.05) is 44.4 Å². The van der Waals surface area contributed by atoms with Crippen LogP contribution in [0.5, 0.6) is 0 Å². The van der Waals surface area contributed by atoms with Gasteiger partial charge in [-0.15, -0.1) is 0 Å². The third-order valence-corrected chi connectivity index (χ3v) is 3.14. The highest BCUT2D eigenvalue weighted by Crippen LogP contribution is 2.28. The molecule has 20 heavy (non-hydrogen) atoms. The highest BCUT2D eigenvalue weighted by molar-refractivity contribution is 6.00. The second-order valence-electron chi connectivity index (χ2n) is 4.90. The average molecular weight is 283 g/mol. The number of halogens is 1. The van der Waals surface area contributed by atoms with Gasteiger partial charge in [0.1, 0.15) is 11.4 Å². The fourth-order valence-electron chi connectivity index (χ4n) is 2.10. The van der Waals surface area contributed by atoms with Crippen LogP contribution in [0.1, 0.15) is 23.7 Å².